The molecule has 0 aliphatic carbocycles. The van der Waals surface area contributed by atoms with Gasteiger partial charge in [-0.2, -0.15) is 0 Å². The first-order valence-corrected chi connectivity index (χ1v) is 9.45. The number of amides is 4. The molecule has 1 aromatic rings. The highest BCUT2D eigenvalue weighted by Crippen LogP contribution is 2.07. The van der Waals surface area contributed by atoms with Crippen LogP contribution in [0.3, 0.4) is 0 Å². The molecule has 4 N–H and O–H groups in total. The molecular formula is C20H30N4O6. The number of primary amides is 1. The highest BCUT2D eigenvalue weighted by molar-refractivity contribution is 5.90. The Morgan fingerprint density at radius 3 is 2.33 bits per heavy atom. The number of alkyl carbamates (subject to hydrolysis) is 1. The highest BCUT2D eigenvalue weighted by atomic mass is 16.6. The van der Waals surface area contributed by atoms with E-state index in [1.54, 1.807) is 20.8 Å². The summed E-state index contributed by atoms with van der Waals surface area (Å²) in [6.07, 6.45) is -1.78. The Kier molecular flexibility index (Phi) is 9.60. The van der Waals surface area contributed by atoms with Gasteiger partial charge in [-0.1, -0.05) is 30.3 Å². The molecule has 0 unspecified atom stereocenters. The zero-order chi connectivity index (χ0) is 22.7. The topological polar surface area (TPSA) is 140 Å². The highest BCUT2D eigenvalue weighted by Gasteiger charge is 2.25. The quantitative estimate of drug-likeness (QED) is 0.545. The van der Waals surface area contributed by atoms with Crippen LogP contribution in [0.5, 0.6) is 0 Å². The predicted octanol–water partition coefficient (Wildman–Crippen LogP) is 1.14. The third-order valence-electron chi connectivity index (χ3n) is 3.68. The molecule has 1 atom stereocenters. The molecule has 10 nitrogen and oxygen atoms in total. The average Bonchev–Trinajstić information content (AvgIpc) is 2.64. The SMILES string of the molecule is CN(CCNC(=O)[C@H](CC(N)=O)NC(=O)OC(C)(C)C)C(=O)OCc1ccccc1. The summed E-state index contributed by atoms with van der Waals surface area (Å²) in [6.45, 7) is 5.39. The minimum Gasteiger partial charge on any atom is -0.445 e. The average molecular weight is 422 g/mol. The summed E-state index contributed by atoms with van der Waals surface area (Å²) < 4.78 is 10.3. The van der Waals surface area contributed by atoms with Crippen molar-refractivity contribution in [3.05, 3.63) is 35.9 Å². The molecule has 0 fully saturated rings. The largest absolute Gasteiger partial charge is 0.445 e. The van der Waals surface area contributed by atoms with Gasteiger partial charge in [-0.3, -0.25) is 9.59 Å². The maximum Gasteiger partial charge on any atom is 0.409 e. The minimum absolute atomic E-state index is 0.0844. The number of benzene rings is 1. The van der Waals surface area contributed by atoms with E-state index in [4.69, 9.17) is 15.2 Å². The van der Waals surface area contributed by atoms with Gasteiger partial charge in [-0.05, 0) is 26.3 Å². The van der Waals surface area contributed by atoms with E-state index >= 15 is 0 Å². The number of hydrogen-bond acceptors (Lipinski definition) is 6. The number of carbonyl (C=O) groups is 4. The van der Waals surface area contributed by atoms with Crippen molar-refractivity contribution in [2.24, 2.45) is 5.73 Å². The van der Waals surface area contributed by atoms with Crippen LogP contribution >= 0.6 is 0 Å². The molecule has 1 rings (SSSR count). The Balaban J connectivity index is 2.46. The summed E-state index contributed by atoms with van der Waals surface area (Å²) in [5.74, 6) is -1.38. The van der Waals surface area contributed by atoms with E-state index in [1.165, 1.54) is 11.9 Å². The third-order valence-corrected chi connectivity index (χ3v) is 3.68. The van der Waals surface area contributed by atoms with Crippen LogP contribution in [0.15, 0.2) is 30.3 Å². The van der Waals surface area contributed by atoms with E-state index in [0.29, 0.717) is 0 Å². The molecule has 0 aliphatic heterocycles. The molecule has 0 aromatic heterocycles. The summed E-state index contributed by atoms with van der Waals surface area (Å²) in [7, 11) is 1.53. The van der Waals surface area contributed by atoms with Gasteiger partial charge in [0.15, 0.2) is 0 Å². The molecule has 0 bridgehead atoms. The molecule has 10 heteroatoms. The van der Waals surface area contributed by atoms with E-state index in [9.17, 15) is 19.2 Å². The number of ether oxygens (including phenoxy) is 2. The molecular weight excluding hydrogens is 392 g/mol. The normalized spacial score (nSPS) is 11.7. The molecule has 0 radical (unpaired) electrons. The number of rotatable bonds is 9. The van der Waals surface area contributed by atoms with Gasteiger partial charge in [0.05, 0.1) is 6.42 Å². The standard InChI is InChI=1S/C20H30N4O6/c1-20(2,3)30-18(27)23-15(12-16(21)25)17(26)22-10-11-24(4)19(28)29-13-14-8-6-5-7-9-14/h5-9,15H,10-13H2,1-4H3,(H2,21,25)(H,22,26)(H,23,27)/t15-/m0/s1. The van der Waals surface area contributed by atoms with Gasteiger partial charge in [0.25, 0.3) is 0 Å². The molecule has 0 spiro atoms. The monoisotopic (exact) mass is 422 g/mol. The van der Waals surface area contributed by atoms with Gasteiger partial charge in [-0.25, -0.2) is 9.59 Å². The number of hydrogen-bond donors (Lipinski definition) is 3. The minimum atomic E-state index is -1.19. The third kappa shape index (κ3) is 10.3. The second-order valence-electron chi connectivity index (χ2n) is 7.62. The number of likely N-dealkylation sites (N-methyl/N-ethyl adjacent to an activating group) is 1. The zero-order valence-electron chi connectivity index (χ0n) is 17.8. The summed E-state index contributed by atoms with van der Waals surface area (Å²) in [6, 6.07) is 8.04. The molecule has 0 saturated carbocycles. The Hall–Kier alpha value is -3.30. The van der Waals surface area contributed by atoms with Crippen molar-refractivity contribution in [3.8, 4) is 0 Å². The first-order chi connectivity index (χ1) is 14.0. The Morgan fingerprint density at radius 2 is 1.77 bits per heavy atom. The Morgan fingerprint density at radius 1 is 1.13 bits per heavy atom. The first kappa shape index (κ1) is 24.7. The molecule has 4 amide bonds. The lowest BCUT2D eigenvalue weighted by atomic mass is 10.2. The fourth-order valence-electron chi connectivity index (χ4n) is 2.25. The van der Waals surface area contributed by atoms with Gasteiger partial charge in [0, 0.05) is 20.1 Å². The molecule has 0 heterocycles. The molecule has 0 saturated heterocycles. The van der Waals surface area contributed by atoms with Crippen molar-refractivity contribution in [2.45, 2.75) is 45.4 Å². The molecule has 1 aromatic carbocycles. The lowest BCUT2D eigenvalue weighted by Gasteiger charge is -2.23. The summed E-state index contributed by atoms with van der Waals surface area (Å²) in [5.41, 5.74) is 5.24. The van der Waals surface area contributed by atoms with Gasteiger partial charge in [0.1, 0.15) is 18.2 Å². The summed E-state index contributed by atoms with van der Waals surface area (Å²) in [4.78, 5) is 48.7. The predicted molar refractivity (Wildman–Crippen MR) is 109 cm³/mol. The summed E-state index contributed by atoms with van der Waals surface area (Å²) >= 11 is 0. The fourth-order valence-corrected chi connectivity index (χ4v) is 2.25. The molecule has 30 heavy (non-hydrogen) atoms. The van der Waals surface area contributed by atoms with Crippen LogP contribution in [-0.4, -0.2) is 60.7 Å². The van der Waals surface area contributed by atoms with Crippen LogP contribution in [0.4, 0.5) is 9.59 Å². The maximum atomic E-state index is 12.3. The van der Waals surface area contributed by atoms with Crippen molar-refractivity contribution in [2.75, 3.05) is 20.1 Å². The van der Waals surface area contributed by atoms with E-state index in [2.05, 4.69) is 10.6 Å². The Bertz CT molecular complexity index is 733. The van der Waals surface area contributed by atoms with E-state index in [1.807, 2.05) is 30.3 Å². The first-order valence-electron chi connectivity index (χ1n) is 9.45. The number of nitrogens with two attached hydrogens (primary N) is 1. The lowest BCUT2D eigenvalue weighted by Crippen LogP contribution is -2.50. The van der Waals surface area contributed by atoms with Crippen LogP contribution in [0.2, 0.25) is 0 Å². The number of nitrogens with one attached hydrogen (secondary N) is 2. The second-order valence-corrected chi connectivity index (χ2v) is 7.62. The van der Waals surface area contributed by atoms with Crippen LogP contribution in [0.1, 0.15) is 32.8 Å². The van der Waals surface area contributed by atoms with Gasteiger partial charge in [0.2, 0.25) is 11.8 Å². The van der Waals surface area contributed by atoms with Crippen molar-refractivity contribution in [1.82, 2.24) is 15.5 Å². The Labute approximate surface area is 176 Å². The molecule has 0 aliphatic rings. The maximum absolute atomic E-state index is 12.3. The number of carbonyl (C=O) groups excluding carboxylic acids is 4. The van der Waals surface area contributed by atoms with Crippen molar-refractivity contribution in [3.63, 3.8) is 0 Å². The van der Waals surface area contributed by atoms with Gasteiger partial charge in [-0.15, -0.1) is 0 Å². The smallest absolute Gasteiger partial charge is 0.409 e. The van der Waals surface area contributed by atoms with Crippen LogP contribution in [0.25, 0.3) is 0 Å². The second kappa shape index (κ2) is 11.6. The molecule has 166 valence electrons. The number of nitrogens with zero attached hydrogens (tertiary/aromatic N) is 1. The van der Waals surface area contributed by atoms with Crippen molar-refractivity contribution >= 4 is 24.0 Å². The summed E-state index contributed by atoms with van der Waals surface area (Å²) in [5, 5.41) is 4.87. The van der Waals surface area contributed by atoms with Gasteiger partial charge >= 0.3 is 12.2 Å². The van der Waals surface area contributed by atoms with E-state index < -0.39 is 35.6 Å². The van der Waals surface area contributed by atoms with E-state index in [0.717, 1.165) is 5.56 Å². The lowest BCUT2D eigenvalue weighted by molar-refractivity contribution is -0.127. The van der Waals surface area contributed by atoms with Crippen LogP contribution in [0, 0.1) is 0 Å². The van der Waals surface area contributed by atoms with Crippen LogP contribution in [-0.2, 0) is 25.7 Å². The zero-order valence-corrected chi connectivity index (χ0v) is 17.8. The van der Waals surface area contributed by atoms with Crippen molar-refractivity contribution in [1.29, 1.82) is 0 Å². The van der Waals surface area contributed by atoms with Gasteiger partial charge < -0.3 is 30.7 Å². The fraction of sp³-hybridized carbons (Fsp3) is 0.500. The van der Waals surface area contributed by atoms with Crippen molar-refractivity contribution < 1.29 is 28.7 Å². The van der Waals surface area contributed by atoms with Crippen LogP contribution < -0.4 is 16.4 Å². The van der Waals surface area contributed by atoms with E-state index in [-0.39, 0.29) is 26.1 Å².